The molecule has 0 radical (unpaired) electrons. The maximum absolute atomic E-state index is 12.4. The summed E-state index contributed by atoms with van der Waals surface area (Å²) in [5.74, 6) is -0.410. The van der Waals surface area contributed by atoms with Gasteiger partial charge in [0.25, 0.3) is 0 Å². The molecule has 3 aromatic carbocycles. The van der Waals surface area contributed by atoms with Crippen molar-refractivity contribution in [1.29, 1.82) is 0 Å². The highest BCUT2D eigenvalue weighted by atomic mass is 35.5. The van der Waals surface area contributed by atoms with E-state index in [4.69, 9.17) is 27.9 Å². The number of benzene rings is 3. The molecule has 0 aliphatic heterocycles. The van der Waals surface area contributed by atoms with E-state index in [1.54, 1.807) is 31.2 Å². The third kappa shape index (κ3) is 3.86. The number of hydrogen-bond donors (Lipinski definition) is 3. The zero-order valence-electron chi connectivity index (χ0n) is 17.7. The fraction of sp³-hybridized carbons (Fsp3) is 0.308. The van der Waals surface area contributed by atoms with Crippen molar-refractivity contribution in [2.45, 2.75) is 36.4 Å². The Labute approximate surface area is 198 Å². The number of alkyl halides is 1. The quantitative estimate of drug-likeness (QED) is 0.410. The Balaban J connectivity index is 1.97. The van der Waals surface area contributed by atoms with Gasteiger partial charge in [-0.25, -0.2) is 0 Å². The lowest BCUT2D eigenvalue weighted by Crippen LogP contribution is -2.48. The lowest BCUT2D eigenvalue weighted by atomic mass is 9.71. The fourth-order valence-electron chi connectivity index (χ4n) is 5.08. The molecule has 4 nitrogen and oxygen atoms in total. The van der Waals surface area contributed by atoms with E-state index in [0.717, 1.165) is 11.1 Å². The van der Waals surface area contributed by atoms with Gasteiger partial charge in [0.2, 0.25) is 0 Å². The van der Waals surface area contributed by atoms with Crippen LogP contribution in [0.5, 0.6) is 11.5 Å². The summed E-state index contributed by atoms with van der Waals surface area (Å²) in [6.07, 6.45) is 0.282. The number of phenols is 1. The van der Waals surface area contributed by atoms with Gasteiger partial charge in [-0.2, -0.15) is 0 Å². The van der Waals surface area contributed by atoms with Crippen LogP contribution >= 0.6 is 23.2 Å². The number of ether oxygens (including phenoxy) is 1. The lowest BCUT2D eigenvalue weighted by Gasteiger charge is -2.41. The summed E-state index contributed by atoms with van der Waals surface area (Å²) in [5, 5.41) is 35.6. The maximum atomic E-state index is 12.4. The molecule has 3 N–H and O–H groups in total. The van der Waals surface area contributed by atoms with E-state index < -0.39 is 17.1 Å². The van der Waals surface area contributed by atoms with Crippen molar-refractivity contribution in [3.8, 4) is 11.5 Å². The fourth-order valence-corrected chi connectivity index (χ4v) is 5.28. The number of rotatable bonds is 6. The predicted octanol–water partition coefficient (Wildman–Crippen LogP) is 5.57. The summed E-state index contributed by atoms with van der Waals surface area (Å²) in [6.45, 7) is 1.81. The van der Waals surface area contributed by atoms with Gasteiger partial charge in [-0.1, -0.05) is 60.1 Å². The summed E-state index contributed by atoms with van der Waals surface area (Å²) in [4.78, 5) is 0. The number of halogens is 2. The summed E-state index contributed by atoms with van der Waals surface area (Å²) in [6, 6.07) is 21.8. The van der Waals surface area contributed by atoms with Crippen molar-refractivity contribution in [3.63, 3.8) is 0 Å². The van der Waals surface area contributed by atoms with Gasteiger partial charge >= 0.3 is 0 Å². The van der Waals surface area contributed by atoms with Crippen LogP contribution in [0.2, 0.25) is 5.02 Å². The minimum absolute atomic E-state index is 0.146. The monoisotopic (exact) mass is 472 g/mol. The molecule has 0 heterocycles. The smallest absolute Gasteiger partial charge is 0.132 e. The Morgan fingerprint density at radius 1 is 0.938 bits per heavy atom. The molecular formula is C26H26Cl2O4. The van der Waals surface area contributed by atoms with E-state index in [0.29, 0.717) is 10.8 Å². The van der Waals surface area contributed by atoms with Crippen LogP contribution in [0.1, 0.15) is 41.9 Å². The normalized spacial score (nSPS) is 27.4. The number of aliphatic hydroxyl groups is 2. The summed E-state index contributed by atoms with van der Waals surface area (Å²) in [7, 11) is 0. The number of hydrogen-bond acceptors (Lipinski definition) is 4. The summed E-state index contributed by atoms with van der Waals surface area (Å²) < 4.78 is 5.80. The van der Waals surface area contributed by atoms with Crippen LogP contribution < -0.4 is 4.74 Å². The molecule has 168 valence electrons. The van der Waals surface area contributed by atoms with Gasteiger partial charge in [0.05, 0.1) is 17.0 Å². The summed E-state index contributed by atoms with van der Waals surface area (Å²) >= 11 is 12.0. The molecule has 0 aromatic heterocycles. The van der Waals surface area contributed by atoms with Crippen LogP contribution in [-0.4, -0.2) is 33.4 Å². The third-order valence-corrected chi connectivity index (χ3v) is 6.87. The molecule has 0 bridgehead atoms. The Bertz CT molecular complexity index is 1070. The van der Waals surface area contributed by atoms with E-state index in [9.17, 15) is 15.3 Å². The zero-order valence-corrected chi connectivity index (χ0v) is 19.2. The van der Waals surface area contributed by atoms with E-state index in [2.05, 4.69) is 0 Å². The van der Waals surface area contributed by atoms with E-state index >= 15 is 0 Å². The highest BCUT2D eigenvalue weighted by Gasteiger charge is 2.64. The second kappa shape index (κ2) is 8.95. The molecule has 0 amide bonds. The Morgan fingerprint density at radius 2 is 1.62 bits per heavy atom. The van der Waals surface area contributed by atoms with Crippen molar-refractivity contribution in [2.24, 2.45) is 0 Å². The van der Waals surface area contributed by atoms with Crippen molar-refractivity contribution in [2.75, 3.05) is 12.5 Å². The molecule has 32 heavy (non-hydrogen) atoms. The first-order valence-electron chi connectivity index (χ1n) is 10.6. The first kappa shape index (κ1) is 22.9. The van der Waals surface area contributed by atoms with Crippen LogP contribution in [0.15, 0.2) is 72.8 Å². The van der Waals surface area contributed by atoms with Crippen molar-refractivity contribution < 1.29 is 20.1 Å². The van der Waals surface area contributed by atoms with Gasteiger partial charge in [0, 0.05) is 10.9 Å². The minimum Gasteiger partial charge on any atom is -0.507 e. The molecule has 1 saturated carbocycles. The van der Waals surface area contributed by atoms with Gasteiger partial charge in [0.15, 0.2) is 0 Å². The number of phenolic OH excluding ortho intramolecular Hbond substituents is 1. The van der Waals surface area contributed by atoms with Crippen LogP contribution in [0.25, 0.3) is 0 Å². The molecule has 3 aromatic rings. The molecular weight excluding hydrogens is 447 g/mol. The highest BCUT2D eigenvalue weighted by molar-refractivity contribution is 6.30. The largest absolute Gasteiger partial charge is 0.507 e. The molecule has 4 rings (SSSR count). The Morgan fingerprint density at radius 3 is 2.28 bits per heavy atom. The first-order valence-corrected chi connectivity index (χ1v) is 11.5. The molecule has 1 fully saturated rings. The van der Waals surface area contributed by atoms with E-state index in [-0.39, 0.29) is 36.1 Å². The predicted molar refractivity (Wildman–Crippen MR) is 127 cm³/mol. The average molecular weight is 473 g/mol. The van der Waals surface area contributed by atoms with E-state index in [1.807, 2.05) is 42.5 Å². The third-order valence-electron chi connectivity index (χ3n) is 6.47. The van der Waals surface area contributed by atoms with Gasteiger partial charge in [-0.05, 0) is 54.7 Å². The maximum Gasteiger partial charge on any atom is 0.132 e. The van der Waals surface area contributed by atoms with Crippen LogP contribution in [0.3, 0.4) is 0 Å². The van der Waals surface area contributed by atoms with Gasteiger partial charge < -0.3 is 20.1 Å². The average Bonchev–Trinajstić information content (AvgIpc) is 2.99. The Kier molecular flexibility index (Phi) is 6.42. The lowest BCUT2D eigenvalue weighted by molar-refractivity contribution is -0.135. The van der Waals surface area contributed by atoms with Crippen molar-refractivity contribution in [3.05, 3.63) is 94.5 Å². The second-order valence-electron chi connectivity index (χ2n) is 8.48. The van der Waals surface area contributed by atoms with Crippen LogP contribution in [0, 0.1) is 0 Å². The SMILES string of the molecule is CC1(O)C[C@@H](c2ccccc2)C(c2ccc(Cl)cc2)[C@]1(O)c1c(O)cccc1OCCCl. The molecule has 0 spiro atoms. The van der Waals surface area contributed by atoms with Crippen molar-refractivity contribution in [1.82, 2.24) is 0 Å². The van der Waals surface area contributed by atoms with Gasteiger partial charge in [-0.15, -0.1) is 11.6 Å². The molecule has 0 saturated heterocycles. The standard InChI is InChI=1S/C26H26Cl2O4/c1-25(30)16-20(17-6-3-2-4-7-17)23(18-10-12-19(28)13-11-18)26(25,31)24-21(29)8-5-9-22(24)32-15-14-27/h2-13,20,23,29-31H,14-16H2,1H3/t20-,23?,25?,26-/m0/s1. The van der Waals surface area contributed by atoms with Crippen LogP contribution in [0.4, 0.5) is 0 Å². The number of aromatic hydroxyl groups is 1. The molecule has 4 atom stereocenters. The first-order chi connectivity index (χ1) is 15.3. The second-order valence-corrected chi connectivity index (χ2v) is 9.29. The van der Waals surface area contributed by atoms with Gasteiger partial charge in [-0.3, -0.25) is 0 Å². The minimum atomic E-state index is -1.85. The van der Waals surface area contributed by atoms with Crippen LogP contribution in [-0.2, 0) is 5.60 Å². The van der Waals surface area contributed by atoms with Crippen molar-refractivity contribution >= 4 is 23.2 Å². The molecule has 1 aliphatic rings. The molecule has 6 heteroatoms. The molecule has 1 aliphatic carbocycles. The zero-order chi connectivity index (χ0) is 22.9. The summed E-state index contributed by atoms with van der Waals surface area (Å²) in [5.41, 5.74) is -1.48. The highest BCUT2D eigenvalue weighted by Crippen LogP contribution is 2.63. The topological polar surface area (TPSA) is 69.9 Å². The van der Waals surface area contributed by atoms with E-state index in [1.165, 1.54) is 6.07 Å². The molecule has 2 unspecified atom stereocenters. The van der Waals surface area contributed by atoms with Gasteiger partial charge in [0.1, 0.15) is 23.7 Å². The Hall–Kier alpha value is -2.24.